The highest BCUT2D eigenvalue weighted by molar-refractivity contribution is 6.03. The van der Waals surface area contributed by atoms with E-state index in [-0.39, 0.29) is 23.1 Å². The Labute approximate surface area is 207 Å². The maximum absolute atomic E-state index is 14.9. The molecule has 1 fully saturated rings. The first-order valence-corrected chi connectivity index (χ1v) is 11.4. The Kier molecular flexibility index (Phi) is 7.91. The van der Waals surface area contributed by atoms with Gasteiger partial charge in [0.05, 0.1) is 30.7 Å². The number of ether oxygens (including phenoxy) is 3. The van der Waals surface area contributed by atoms with E-state index >= 15 is 0 Å². The van der Waals surface area contributed by atoms with Crippen molar-refractivity contribution in [3.63, 3.8) is 0 Å². The molecule has 1 aliphatic rings. The second kappa shape index (κ2) is 11.3. The lowest BCUT2D eigenvalue weighted by atomic mass is 9.89. The van der Waals surface area contributed by atoms with Crippen LogP contribution in [-0.2, 0) is 19.1 Å². The molecular weight excluding hydrogens is 469 g/mol. The third-order valence-electron chi connectivity index (χ3n) is 5.59. The largest absolute Gasteiger partial charge is 0.491 e. The number of carbonyl (C=O) groups excluding carboxylic acids is 2. The smallest absolute Gasteiger partial charge is 0.233 e. The van der Waals surface area contributed by atoms with Gasteiger partial charge in [-0.1, -0.05) is 6.92 Å². The van der Waals surface area contributed by atoms with Crippen LogP contribution in [-0.4, -0.2) is 61.9 Å². The molecular formula is C25H28FN5O5. The van der Waals surface area contributed by atoms with Gasteiger partial charge < -0.3 is 30.2 Å². The highest BCUT2D eigenvalue weighted by Gasteiger charge is 2.33. The Bertz CT molecular complexity index is 1230. The number of carbonyl (C=O) groups is 2. The van der Waals surface area contributed by atoms with Crippen LogP contribution in [0, 0.1) is 11.2 Å². The Balaban J connectivity index is 1.35. The second-order valence-electron chi connectivity index (χ2n) is 8.87. The fourth-order valence-electron chi connectivity index (χ4n) is 3.59. The average molecular weight is 498 g/mol. The van der Waals surface area contributed by atoms with Gasteiger partial charge in [0.2, 0.25) is 11.8 Å². The molecule has 190 valence electrons. The van der Waals surface area contributed by atoms with E-state index in [0.717, 1.165) is 0 Å². The van der Waals surface area contributed by atoms with Gasteiger partial charge in [0.1, 0.15) is 36.7 Å². The number of amides is 2. The number of hydrogen-bond acceptors (Lipinski definition) is 8. The first kappa shape index (κ1) is 25.3. The van der Waals surface area contributed by atoms with Crippen molar-refractivity contribution in [3.8, 4) is 5.75 Å². The Hall–Kier alpha value is -3.83. The number of halogens is 1. The molecule has 0 aliphatic carbocycles. The molecule has 1 aromatic heterocycles. The van der Waals surface area contributed by atoms with Gasteiger partial charge in [-0.3, -0.25) is 9.59 Å². The van der Waals surface area contributed by atoms with Gasteiger partial charge >= 0.3 is 0 Å². The van der Waals surface area contributed by atoms with Crippen LogP contribution in [0.4, 0.5) is 21.6 Å². The number of rotatable bonds is 11. The normalized spacial score (nSPS) is 14.1. The van der Waals surface area contributed by atoms with Gasteiger partial charge in [0, 0.05) is 42.6 Å². The van der Waals surface area contributed by atoms with Crippen LogP contribution in [0.15, 0.2) is 42.7 Å². The van der Waals surface area contributed by atoms with Gasteiger partial charge in [0.25, 0.3) is 0 Å². The summed E-state index contributed by atoms with van der Waals surface area (Å²) in [6, 6.07) is 9.68. The number of methoxy groups -OCH3 is 1. The van der Waals surface area contributed by atoms with E-state index in [1.165, 1.54) is 12.4 Å². The van der Waals surface area contributed by atoms with E-state index in [0.29, 0.717) is 61.4 Å². The van der Waals surface area contributed by atoms with E-state index in [2.05, 4.69) is 25.9 Å². The molecule has 36 heavy (non-hydrogen) atoms. The summed E-state index contributed by atoms with van der Waals surface area (Å²) in [6.45, 7) is 4.36. The van der Waals surface area contributed by atoms with Crippen LogP contribution in [0.1, 0.15) is 13.3 Å². The molecule has 0 radical (unpaired) electrons. The molecule has 0 bridgehead atoms. The monoisotopic (exact) mass is 497 g/mol. The van der Waals surface area contributed by atoms with Crippen molar-refractivity contribution in [1.29, 1.82) is 0 Å². The number of benzene rings is 2. The Morgan fingerprint density at radius 3 is 2.53 bits per heavy atom. The number of nitrogens with zero attached hydrogens (tertiary/aromatic N) is 2. The molecule has 10 nitrogen and oxygen atoms in total. The summed E-state index contributed by atoms with van der Waals surface area (Å²) >= 11 is 0. The third kappa shape index (κ3) is 6.43. The molecule has 0 atom stereocenters. The van der Waals surface area contributed by atoms with E-state index < -0.39 is 11.7 Å². The number of aromatic nitrogens is 2. The fourth-order valence-corrected chi connectivity index (χ4v) is 3.59. The minimum atomic E-state index is -0.524. The Morgan fingerprint density at radius 2 is 1.83 bits per heavy atom. The average Bonchev–Trinajstić information content (AvgIpc) is 2.83. The second-order valence-corrected chi connectivity index (χ2v) is 8.87. The van der Waals surface area contributed by atoms with Crippen molar-refractivity contribution < 1.29 is 28.2 Å². The highest BCUT2D eigenvalue weighted by atomic mass is 19.1. The molecule has 11 heteroatoms. The Morgan fingerprint density at radius 1 is 1.08 bits per heavy atom. The molecule has 1 saturated heterocycles. The van der Waals surface area contributed by atoms with Crippen LogP contribution >= 0.6 is 0 Å². The lowest BCUT2D eigenvalue weighted by molar-refractivity contribution is -0.130. The molecule has 0 unspecified atom stereocenters. The fraction of sp³-hybridized carbons (Fsp3) is 0.360. The quantitative estimate of drug-likeness (QED) is 0.273. The zero-order valence-corrected chi connectivity index (χ0v) is 20.1. The predicted octanol–water partition coefficient (Wildman–Crippen LogP) is 3.02. The number of nitrogens with one attached hydrogen (secondary N) is 3. The summed E-state index contributed by atoms with van der Waals surface area (Å²) in [5, 5.41) is 8.76. The first-order valence-electron chi connectivity index (χ1n) is 11.4. The van der Waals surface area contributed by atoms with E-state index in [1.807, 2.05) is 6.92 Å². The molecule has 4 rings (SSSR count). The molecule has 3 N–H and O–H groups in total. The van der Waals surface area contributed by atoms with Crippen molar-refractivity contribution in [3.05, 3.63) is 48.5 Å². The van der Waals surface area contributed by atoms with Gasteiger partial charge in [-0.05, 0) is 24.3 Å². The van der Waals surface area contributed by atoms with Crippen LogP contribution in [0.5, 0.6) is 5.75 Å². The van der Waals surface area contributed by atoms with Gasteiger partial charge in [-0.2, -0.15) is 0 Å². The summed E-state index contributed by atoms with van der Waals surface area (Å²) in [6.07, 6.45) is 1.06. The zero-order chi connectivity index (χ0) is 25.5. The SMILES string of the molecule is COCCOc1cc(F)c2c(Nc3ccc(NC(=O)CC(=O)NCC4(C)COC4)cc3)ncnc2c1. The van der Waals surface area contributed by atoms with Crippen LogP contribution in [0.2, 0.25) is 0 Å². The minimum Gasteiger partial charge on any atom is -0.491 e. The van der Waals surface area contributed by atoms with Gasteiger partial charge in [-0.25, -0.2) is 14.4 Å². The van der Waals surface area contributed by atoms with Crippen molar-refractivity contribution >= 4 is 39.9 Å². The van der Waals surface area contributed by atoms with E-state index in [4.69, 9.17) is 14.2 Å². The third-order valence-corrected chi connectivity index (χ3v) is 5.59. The van der Waals surface area contributed by atoms with Crippen molar-refractivity contribution in [2.24, 2.45) is 5.41 Å². The zero-order valence-electron chi connectivity index (χ0n) is 20.1. The number of anilines is 3. The van der Waals surface area contributed by atoms with Crippen LogP contribution in [0.3, 0.4) is 0 Å². The molecule has 3 aromatic rings. The van der Waals surface area contributed by atoms with E-state index in [9.17, 15) is 14.0 Å². The molecule has 0 spiro atoms. The summed E-state index contributed by atoms with van der Waals surface area (Å²) in [5.41, 5.74) is 1.48. The summed E-state index contributed by atoms with van der Waals surface area (Å²) in [7, 11) is 1.56. The minimum absolute atomic E-state index is 0.0625. The van der Waals surface area contributed by atoms with Gasteiger partial charge in [0.15, 0.2) is 0 Å². The van der Waals surface area contributed by atoms with Crippen molar-refractivity contribution in [2.75, 3.05) is 50.7 Å². The topological polar surface area (TPSA) is 124 Å². The summed E-state index contributed by atoms with van der Waals surface area (Å²) in [4.78, 5) is 32.6. The standard InChI is InChI=1S/C25H28FN5O5/c1-25(13-35-14-25)12-27-21(32)11-22(33)30-16-3-5-17(6-4-16)31-24-23-19(26)9-18(36-8-7-34-2)10-20(23)28-15-29-24/h3-6,9-10,15H,7-8,11-14H2,1-2H3,(H,27,32)(H,30,33)(H,28,29,31). The lowest BCUT2D eigenvalue weighted by Gasteiger charge is -2.37. The predicted molar refractivity (Wildman–Crippen MR) is 132 cm³/mol. The van der Waals surface area contributed by atoms with E-state index in [1.54, 1.807) is 37.4 Å². The molecule has 2 heterocycles. The summed E-state index contributed by atoms with van der Waals surface area (Å²) < 4.78 is 30.4. The van der Waals surface area contributed by atoms with Crippen molar-refractivity contribution in [1.82, 2.24) is 15.3 Å². The maximum atomic E-state index is 14.9. The summed E-state index contributed by atoms with van der Waals surface area (Å²) in [5.74, 6) is -0.648. The maximum Gasteiger partial charge on any atom is 0.233 e. The lowest BCUT2D eigenvalue weighted by Crippen LogP contribution is -2.48. The highest BCUT2D eigenvalue weighted by Crippen LogP contribution is 2.29. The van der Waals surface area contributed by atoms with Gasteiger partial charge in [-0.15, -0.1) is 0 Å². The van der Waals surface area contributed by atoms with Crippen molar-refractivity contribution in [2.45, 2.75) is 13.3 Å². The van der Waals surface area contributed by atoms with Crippen LogP contribution in [0.25, 0.3) is 10.9 Å². The molecule has 2 aromatic carbocycles. The number of hydrogen-bond donors (Lipinski definition) is 3. The van der Waals surface area contributed by atoms with Crippen LogP contribution < -0.4 is 20.7 Å². The first-order chi connectivity index (χ1) is 17.3. The molecule has 0 saturated carbocycles. The molecule has 1 aliphatic heterocycles. The number of fused-ring (bicyclic) bond motifs is 1. The molecule has 2 amide bonds.